The zero-order chi connectivity index (χ0) is 44.2. The van der Waals surface area contributed by atoms with Gasteiger partial charge in [-0.25, -0.2) is 4.98 Å². The Morgan fingerprint density at radius 3 is 1.76 bits per heavy atom. The molecule has 0 saturated heterocycles. The van der Waals surface area contributed by atoms with Gasteiger partial charge in [0.2, 0.25) is 5.95 Å². The minimum absolute atomic E-state index is 0.143. The fourth-order valence-electron chi connectivity index (χ4n) is 8.53. The van der Waals surface area contributed by atoms with Crippen LogP contribution in [0.15, 0.2) is 174 Å². The molecule has 6 heteroatoms. The molecule has 5 nitrogen and oxygen atoms in total. The SMILES string of the molecule is [2H]C([2H])([2H])c1ccc2c(c1)c1cc(C([2H])([2H])[2H])ccc1n2-c1nc(-c2cccc(-c3ccccc3)c2)nc(-c2cccc(-c3ccc4oc5ccc6sc7ccccc7c6c5c4c3)c2)n1. The number of aryl methyl sites for hydroxylation is 2. The van der Waals surface area contributed by atoms with Crippen LogP contribution in [0.3, 0.4) is 0 Å². The quantitative estimate of drug-likeness (QED) is 0.175. The first-order valence-corrected chi connectivity index (χ1v) is 20.2. The summed E-state index contributed by atoms with van der Waals surface area (Å²) >= 11 is 1.78. The van der Waals surface area contributed by atoms with Crippen molar-refractivity contribution >= 4 is 75.3 Å². The van der Waals surface area contributed by atoms with Gasteiger partial charge in [-0.05, 0) is 103 Å². The van der Waals surface area contributed by atoms with Gasteiger partial charge in [-0.1, -0.05) is 114 Å². The van der Waals surface area contributed by atoms with Crippen LogP contribution in [0, 0.1) is 13.7 Å². The monoisotopic (exact) mass is 780 g/mol. The van der Waals surface area contributed by atoms with Crippen molar-refractivity contribution in [2.45, 2.75) is 13.7 Å². The molecule has 0 bridgehead atoms. The first kappa shape index (κ1) is 28.1. The Morgan fingerprint density at radius 1 is 0.441 bits per heavy atom. The van der Waals surface area contributed by atoms with Gasteiger partial charge in [-0.3, -0.25) is 4.57 Å². The topological polar surface area (TPSA) is 56.7 Å². The van der Waals surface area contributed by atoms with E-state index in [2.05, 4.69) is 84.9 Å². The number of hydrogen-bond donors (Lipinski definition) is 0. The normalized spacial score (nSPS) is 13.8. The highest BCUT2D eigenvalue weighted by atomic mass is 32.1. The van der Waals surface area contributed by atoms with Gasteiger partial charge in [0.05, 0.1) is 11.0 Å². The van der Waals surface area contributed by atoms with Crippen molar-refractivity contribution in [3.8, 4) is 51.0 Å². The lowest BCUT2D eigenvalue weighted by Gasteiger charge is -2.12. The van der Waals surface area contributed by atoms with E-state index in [1.165, 1.54) is 20.2 Å². The second-order valence-corrected chi connectivity index (χ2v) is 15.9. The van der Waals surface area contributed by atoms with E-state index in [1.807, 2.05) is 53.1 Å². The molecule has 4 aromatic heterocycles. The number of aromatic nitrogens is 4. The molecule has 8 aromatic carbocycles. The number of thiophene rings is 1. The zero-order valence-electron chi connectivity index (χ0n) is 37.3. The molecule has 0 radical (unpaired) electrons. The predicted molar refractivity (Wildman–Crippen MR) is 246 cm³/mol. The minimum Gasteiger partial charge on any atom is -0.456 e. The Hall–Kier alpha value is -7.41. The molecule has 12 aromatic rings. The molecule has 0 amide bonds. The van der Waals surface area contributed by atoms with Crippen molar-refractivity contribution in [1.29, 1.82) is 0 Å². The highest BCUT2D eigenvalue weighted by molar-refractivity contribution is 7.26. The standard InChI is InChI=1S/C53H34N4OS/c1-31-18-21-43-40(26-31)41-27-32(2)19-22-44(41)57(43)53-55-51(37-14-8-12-34(28-37)33-10-4-3-5-11-33)54-52(56-53)38-15-9-13-35(29-38)36-20-23-45-42(30-36)49-46(58-45)24-25-48-50(49)39-16-6-7-17-47(39)59-48/h3-30H,1-2H3/i1D3,2D3. The second kappa shape index (κ2) is 13.1. The fourth-order valence-corrected chi connectivity index (χ4v) is 9.64. The first-order chi connectivity index (χ1) is 31.4. The Kier molecular flexibility index (Phi) is 6.21. The lowest BCUT2D eigenvalue weighted by molar-refractivity contribution is 0.669. The molecular weight excluding hydrogens is 741 g/mol. The molecule has 0 N–H and O–H groups in total. The summed E-state index contributed by atoms with van der Waals surface area (Å²) in [5.41, 5.74) is 8.72. The molecule has 0 unspecified atom stereocenters. The third-order valence-electron chi connectivity index (χ3n) is 11.2. The smallest absolute Gasteiger partial charge is 0.238 e. The van der Waals surface area contributed by atoms with Crippen molar-refractivity contribution in [3.63, 3.8) is 0 Å². The molecule has 278 valence electrons. The number of rotatable bonds is 5. The van der Waals surface area contributed by atoms with Crippen molar-refractivity contribution in [2.24, 2.45) is 0 Å². The number of fused-ring (bicyclic) bond motifs is 10. The average Bonchev–Trinajstić information content (AvgIpc) is 4.00. The third-order valence-corrected chi connectivity index (χ3v) is 12.4. The second-order valence-electron chi connectivity index (χ2n) is 14.8. The van der Waals surface area contributed by atoms with E-state index >= 15 is 0 Å². The maximum Gasteiger partial charge on any atom is 0.238 e. The maximum absolute atomic E-state index is 8.19. The molecule has 0 fully saturated rings. The van der Waals surface area contributed by atoms with E-state index in [4.69, 9.17) is 27.6 Å². The maximum atomic E-state index is 8.19. The van der Waals surface area contributed by atoms with Crippen molar-refractivity contribution in [3.05, 3.63) is 181 Å². The summed E-state index contributed by atoms with van der Waals surface area (Å²) < 4.78 is 59.9. The van der Waals surface area contributed by atoms with Crippen LogP contribution in [0.4, 0.5) is 0 Å². The van der Waals surface area contributed by atoms with Crippen LogP contribution < -0.4 is 0 Å². The van der Waals surface area contributed by atoms with Crippen LogP contribution in [-0.4, -0.2) is 19.5 Å². The highest BCUT2D eigenvalue weighted by Crippen LogP contribution is 2.43. The van der Waals surface area contributed by atoms with Crippen LogP contribution >= 0.6 is 11.3 Å². The third kappa shape index (κ3) is 5.48. The summed E-state index contributed by atoms with van der Waals surface area (Å²) in [7, 11) is 0. The lowest BCUT2D eigenvalue weighted by atomic mass is 9.99. The number of furan rings is 1. The number of hydrogen-bond acceptors (Lipinski definition) is 5. The molecule has 0 aliphatic heterocycles. The van der Waals surface area contributed by atoms with E-state index in [1.54, 1.807) is 47.7 Å². The van der Waals surface area contributed by atoms with Gasteiger partial charge in [0.15, 0.2) is 11.6 Å². The van der Waals surface area contributed by atoms with Crippen LogP contribution in [0.25, 0.3) is 115 Å². The summed E-state index contributed by atoms with van der Waals surface area (Å²) in [6.07, 6.45) is 0. The Morgan fingerprint density at radius 2 is 1.05 bits per heavy atom. The van der Waals surface area contributed by atoms with Gasteiger partial charge >= 0.3 is 0 Å². The molecule has 12 rings (SSSR count). The van der Waals surface area contributed by atoms with Crippen LogP contribution in [0.1, 0.15) is 19.4 Å². The van der Waals surface area contributed by atoms with Crippen LogP contribution in [0.5, 0.6) is 0 Å². The van der Waals surface area contributed by atoms with Gasteiger partial charge in [0.1, 0.15) is 11.2 Å². The molecule has 0 aliphatic carbocycles. The number of nitrogens with zero attached hydrogens (tertiary/aromatic N) is 4. The van der Waals surface area contributed by atoms with Gasteiger partial charge in [-0.15, -0.1) is 11.3 Å². The largest absolute Gasteiger partial charge is 0.456 e. The zero-order valence-corrected chi connectivity index (χ0v) is 32.1. The molecular formula is C53H34N4OS. The van der Waals surface area contributed by atoms with E-state index < -0.39 is 13.7 Å². The summed E-state index contributed by atoms with van der Waals surface area (Å²) in [4.78, 5) is 15.5. The molecule has 0 aliphatic rings. The van der Waals surface area contributed by atoms with E-state index in [0.717, 1.165) is 55.3 Å². The fraction of sp³-hybridized carbons (Fsp3) is 0.0377. The summed E-state index contributed by atoms with van der Waals surface area (Å²) in [6.45, 7) is -4.77. The molecule has 59 heavy (non-hydrogen) atoms. The number of benzene rings is 8. The van der Waals surface area contributed by atoms with Gasteiger partial charge in [-0.2, -0.15) is 9.97 Å². The van der Waals surface area contributed by atoms with Crippen LogP contribution in [-0.2, 0) is 0 Å². The summed E-state index contributed by atoms with van der Waals surface area (Å²) in [6, 6.07) is 55.2. The van der Waals surface area contributed by atoms with Crippen molar-refractivity contribution in [2.75, 3.05) is 0 Å². The van der Waals surface area contributed by atoms with E-state index in [9.17, 15) is 0 Å². The Bertz CT molecular complexity index is 3810. The van der Waals surface area contributed by atoms with Gasteiger partial charge in [0.25, 0.3) is 0 Å². The first-order valence-electron chi connectivity index (χ1n) is 22.3. The minimum atomic E-state index is -2.38. The summed E-state index contributed by atoms with van der Waals surface area (Å²) in [5.74, 6) is 1.15. The van der Waals surface area contributed by atoms with E-state index in [-0.39, 0.29) is 11.1 Å². The molecule has 0 saturated carbocycles. The predicted octanol–water partition coefficient (Wildman–Crippen LogP) is 14.5. The molecule has 0 spiro atoms. The van der Waals surface area contributed by atoms with Gasteiger partial charge in [0, 0.05) is 61.1 Å². The Labute approximate surface area is 351 Å². The average molecular weight is 781 g/mol. The highest BCUT2D eigenvalue weighted by Gasteiger charge is 2.20. The van der Waals surface area contributed by atoms with E-state index in [0.29, 0.717) is 39.4 Å². The van der Waals surface area contributed by atoms with Gasteiger partial charge < -0.3 is 4.42 Å². The van der Waals surface area contributed by atoms with Crippen molar-refractivity contribution < 1.29 is 12.6 Å². The summed E-state index contributed by atoms with van der Waals surface area (Å²) in [5, 5.41) is 5.69. The van der Waals surface area contributed by atoms with Crippen molar-refractivity contribution in [1.82, 2.24) is 19.5 Å². The lowest BCUT2D eigenvalue weighted by Crippen LogP contribution is -2.06. The molecule has 4 heterocycles. The molecule has 0 atom stereocenters. The Balaban J connectivity index is 1.07. The van der Waals surface area contributed by atoms with Crippen LogP contribution in [0.2, 0.25) is 0 Å².